The van der Waals surface area contributed by atoms with Gasteiger partial charge in [-0.3, -0.25) is 0 Å². The molecule has 0 aromatic heterocycles. The Balaban J connectivity index is 2.01. The van der Waals surface area contributed by atoms with Crippen LogP contribution in [0.3, 0.4) is 0 Å². The van der Waals surface area contributed by atoms with Crippen molar-refractivity contribution in [1.82, 2.24) is 10.2 Å². The van der Waals surface area contributed by atoms with Gasteiger partial charge in [0.25, 0.3) is 0 Å². The van der Waals surface area contributed by atoms with Crippen LogP contribution < -0.4 is 5.32 Å². The summed E-state index contributed by atoms with van der Waals surface area (Å²) >= 11 is 1.72. The predicted molar refractivity (Wildman–Crippen MR) is 84.5 cm³/mol. The van der Waals surface area contributed by atoms with E-state index in [1.807, 2.05) is 0 Å². The molecule has 1 heterocycles. The average Bonchev–Trinajstić information content (AvgIpc) is 2.42. The van der Waals surface area contributed by atoms with Gasteiger partial charge in [-0.05, 0) is 25.5 Å². The zero-order valence-corrected chi connectivity index (χ0v) is 12.6. The van der Waals surface area contributed by atoms with Crippen LogP contribution in [-0.2, 0) is 0 Å². The van der Waals surface area contributed by atoms with Crippen LogP contribution in [0, 0.1) is 13.8 Å². The maximum absolute atomic E-state index is 4.20. The Labute approximate surface area is 120 Å². The van der Waals surface area contributed by atoms with Crippen molar-refractivity contribution in [2.75, 3.05) is 26.2 Å². The molecule has 0 amide bonds. The van der Waals surface area contributed by atoms with Crippen LogP contribution in [0.5, 0.6) is 0 Å². The molecule has 19 heavy (non-hydrogen) atoms. The number of thioether (sulfide) groups is 1. The minimum Gasteiger partial charge on any atom is -0.369 e. The number of hydrogen-bond donors (Lipinski definition) is 1. The second-order valence-corrected chi connectivity index (χ2v) is 6.11. The molecule has 1 saturated heterocycles. The molecule has 2 nitrogen and oxygen atoms in total. The van der Waals surface area contributed by atoms with Crippen molar-refractivity contribution in [3.8, 4) is 0 Å². The van der Waals surface area contributed by atoms with Crippen molar-refractivity contribution in [1.29, 1.82) is 0 Å². The van der Waals surface area contributed by atoms with Gasteiger partial charge in [0.05, 0.1) is 0 Å². The Morgan fingerprint density at radius 2 is 1.89 bits per heavy atom. The van der Waals surface area contributed by atoms with Crippen LogP contribution in [0.1, 0.15) is 11.1 Å². The number of nitrogens with one attached hydrogen (secondary N) is 1. The largest absolute Gasteiger partial charge is 0.369 e. The van der Waals surface area contributed by atoms with Crippen molar-refractivity contribution in [3.63, 3.8) is 0 Å². The summed E-state index contributed by atoms with van der Waals surface area (Å²) in [6, 6.07) is 6.53. The monoisotopic (exact) mass is 274 g/mol. The van der Waals surface area contributed by atoms with Crippen molar-refractivity contribution in [3.05, 3.63) is 53.1 Å². The molecule has 102 valence electrons. The number of rotatable bonds is 4. The van der Waals surface area contributed by atoms with Gasteiger partial charge < -0.3 is 10.2 Å². The lowest BCUT2D eigenvalue weighted by Gasteiger charge is -2.31. The van der Waals surface area contributed by atoms with E-state index in [-0.39, 0.29) is 0 Å². The normalized spacial score (nSPS) is 15.4. The van der Waals surface area contributed by atoms with Gasteiger partial charge in [-0.2, -0.15) is 0 Å². The molecule has 0 bridgehead atoms. The molecule has 1 aliphatic rings. The van der Waals surface area contributed by atoms with E-state index in [4.69, 9.17) is 0 Å². The molecular weight excluding hydrogens is 252 g/mol. The smallest absolute Gasteiger partial charge is 0.0429 e. The molecule has 0 radical (unpaired) electrons. The number of hydrogen-bond acceptors (Lipinski definition) is 3. The van der Waals surface area contributed by atoms with Gasteiger partial charge in [0.2, 0.25) is 0 Å². The van der Waals surface area contributed by atoms with Crippen molar-refractivity contribution in [2.45, 2.75) is 18.7 Å². The highest BCUT2D eigenvalue weighted by Crippen LogP contribution is 2.33. The van der Waals surface area contributed by atoms with Crippen LogP contribution in [0.4, 0.5) is 0 Å². The second-order valence-electron chi connectivity index (χ2n) is 4.98. The molecular formula is C16H22N2S. The molecule has 1 aromatic carbocycles. The lowest BCUT2D eigenvalue weighted by atomic mass is 10.2. The lowest BCUT2D eigenvalue weighted by Crippen LogP contribution is -2.42. The fourth-order valence-electron chi connectivity index (χ4n) is 2.22. The summed E-state index contributed by atoms with van der Waals surface area (Å²) < 4.78 is 0. The summed E-state index contributed by atoms with van der Waals surface area (Å²) in [5, 5.41) is 3.35. The van der Waals surface area contributed by atoms with Gasteiger partial charge in [0, 0.05) is 41.7 Å². The zero-order valence-electron chi connectivity index (χ0n) is 11.8. The highest BCUT2D eigenvalue weighted by atomic mass is 32.2. The first-order valence-corrected chi connectivity index (χ1v) is 7.48. The average molecular weight is 274 g/mol. The fraction of sp³-hybridized carbons (Fsp3) is 0.375. The molecule has 2 rings (SSSR count). The van der Waals surface area contributed by atoms with Crippen LogP contribution in [0.2, 0.25) is 0 Å². The SMILES string of the molecule is C=C(Sc1ccc(C)cc1C)C(=C)N1CCNCC1. The number of aryl methyl sites for hydroxylation is 2. The van der Waals surface area contributed by atoms with Gasteiger partial charge in [-0.1, -0.05) is 42.6 Å². The van der Waals surface area contributed by atoms with Crippen molar-refractivity contribution >= 4 is 11.8 Å². The molecule has 1 fully saturated rings. The standard InChI is InChI=1S/C16H22N2S/c1-12-5-6-16(13(2)11-12)19-15(4)14(3)18-9-7-17-8-10-18/h5-6,11,17H,3-4,7-10H2,1-2H3. The van der Waals surface area contributed by atoms with E-state index < -0.39 is 0 Å². The van der Waals surface area contributed by atoms with E-state index in [1.165, 1.54) is 16.0 Å². The number of benzene rings is 1. The van der Waals surface area contributed by atoms with Crippen LogP contribution in [-0.4, -0.2) is 31.1 Å². The topological polar surface area (TPSA) is 15.3 Å². The Kier molecular flexibility index (Phi) is 4.72. The lowest BCUT2D eigenvalue weighted by molar-refractivity contribution is 0.307. The Bertz CT molecular complexity index is 488. The second kappa shape index (κ2) is 6.31. The van der Waals surface area contributed by atoms with Gasteiger partial charge in [0.15, 0.2) is 0 Å². The van der Waals surface area contributed by atoms with E-state index in [0.29, 0.717) is 0 Å². The first-order chi connectivity index (χ1) is 9.08. The van der Waals surface area contributed by atoms with Gasteiger partial charge in [-0.25, -0.2) is 0 Å². The Morgan fingerprint density at radius 1 is 1.21 bits per heavy atom. The maximum atomic E-state index is 4.20. The molecule has 1 aromatic rings. The molecule has 0 spiro atoms. The minimum atomic E-state index is 1.02. The van der Waals surface area contributed by atoms with Gasteiger partial charge in [0.1, 0.15) is 0 Å². The maximum Gasteiger partial charge on any atom is 0.0429 e. The van der Waals surface area contributed by atoms with E-state index >= 15 is 0 Å². The minimum absolute atomic E-state index is 1.02. The third-order valence-corrected chi connectivity index (χ3v) is 4.54. The summed E-state index contributed by atoms with van der Waals surface area (Å²) in [7, 11) is 0. The van der Waals surface area contributed by atoms with Gasteiger partial charge in [-0.15, -0.1) is 0 Å². The highest BCUT2D eigenvalue weighted by molar-refractivity contribution is 8.03. The van der Waals surface area contributed by atoms with Crippen LogP contribution in [0.15, 0.2) is 46.9 Å². The quantitative estimate of drug-likeness (QED) is 0.670. The molecule has 3 heteroatoms. The molecule has 1 N–H and O–H groups in total. The third-order valence-electron chi connectivity index (χ3n) is 3.38. The Hall–Kier alpha value is -1.19. The third kappa shape index (κ3) is 3.64. The number of piperazine rings is 1. The molecule has 0 aliphatic carbocycles. The Morgan fingerprint density at radius 3 is 2.53 bits per heavy atom. The van der Waals surface area contributed by atoms with Gasteiger partial charge >= 0.3 is 0 Å². The first kappa shape index (κ1) is 14.2. The van der Waals surface area contributed by atoms with Crippen molar-refractivity contribution < 1.29 is 0 Å². The van der Waals surface area contributed by atoms with Crippen molar-refractivity contribution in [2.24, 2.45) is 0 Å². The summed E-state index contributed by atoms with van der Waals surface area (Å²) in [5.74, 6) is 0. The zero-order chi connectivity index (χ0) is 13.8. The molecule has 0 saturated carbocycles. The summed E-state index contributed by atoms with van der Waals surface area (Å²) in [6.07, 6.45) is 0. The number of nitrogens with zero attached hydrogens (tertiary/aromatic N) is 1. The van der Waals surface area contributed by atoms with E-state index in [2.05, 4.69) is 55.4 Å². The summed E-state index contributed by atoms with van der Waals surface area (Å²) in [4.78, 5) is 4.63. The fourth-order valence-corrected chi connectivity index (χ4v) is 3.08. The first-order valence-electron chi connectivity index (χ1n) is 6.67. The van der Waals surface area contributed by atoms with E-state index in [1.54, 1.807) is 11.8 Å². The molecule has 0 atom stereocenters. The van der Waals surface area contributed by atoms with E-state index in [0.717, 1.165) is 36.8 Å². The van der Waals surface area contributed by atoms with Crippen LogP contribution in [0.25, 0.3) is 0 Å². The molecule has 0 unspecified atom stereocenters. The molecule has 1 aliphatic heterocycles. The highest BCUT2D eigenvalue weighted by Gasteiger charge is 2.14. The predicted octanol–water partition coefficient (Wildman–Crippen LogP) is 3.33. The van der Waals surface area contributed by atoms with E-state index in [9.17, 15) is 0 Å². The van der Waals surface area contributed by atoms with Crippen LogP contribution >= 0.6 is 11.8 Å². The summed E-state index contributed by atoms with van der Waals surface area (Å²) in [6.45, 7) is 16.8. The summed E-state index contributed by atoms with van der Waals surface area (Å²) in [5.41, 5.74) is 3.67.